The molecule has 0 fully saturated rings. The first kappa shape index (κ1) is 26.1. The van der Waals surface area contributed by atoms with E-state index >= 15 is 0 Å². The molecular formula is C30H30N2O7. The number of carboxylic acids is 2. The van der Waals surface area contributed by atoms with Crippen molar-refractivity contribution in [2.24, 2.45) is 5.92 Å². The molecule has 0 radical (unpaired) electrons. The number of para-hydroxylation sites is 1. The molecule has 3 aromatic rings. The fourth-order valence-corrected chi connectivity index (χ4v) is 5.11. The second kappa shape index (κ2) is 11.5. The topological polar surface area (TPSA) is 125 Å². The van der Waals surface area contributed by atoms with Gasteiger partial charge in [-0.15, -0.1) is 0 Å². The quantitative estimate of drug-likeness (QED) is 0.355. The molecule has 3 aromatic carbocycles. The number of fused-ring (bicyclic) bond motifs is 2. The lowest BCUT2D eigenvalue weighted by Gasteiger charge is -2.35. The Labute approximate surface area is 226 Å². The van der Waals surface area contributed by atoms with E-state index in [1.54, 1.807) is 47.4 Å². The van der Waals surface area contributed by atoms with Crippen molar-refractivity contribution in [1.29, 1.82) is 0 Å². The number of aliphatic carboxylic acids is 2. The van der Waals surface area contributed by atoms with Crippen molar-refractivity contribution >= 4 is 29.2 Å². The maximum atomic E-state index is 13.0. The van der Waals surface area contributed by atoms with Crippen LogP contribution in [0.2, 0.25) is 0 Å². The van der Waals surface area contributed by atoms with E-state index in [0.717, 1.165) is 12.8 Å². The predicted molar refractivity (Wildman–Crippen MR) is 145 cm³/mol. The van der Waals surface area contributed by atoms with Crippen LogP contribution in [0.5, 0.6) is 11.5 Å². The zero-order chi connectivity index (χ0) is 27.4. The smallest absolute Gasteiger partial charge is 0.346 e. The highest BCUT2D eigenvalue weighted by Crippen LogP contribution is 2.40. The normalized spacial score (nSPS) is 16.1. The second-order valence-corrected chi connectivity index (χ2v) is 9.87. The van der Waals surface area contributed by atoms with Crippen molar-refractivity contribution in [2.45, 2.75) is 31.8 Å². The van der Waals surface area contributed by atoms with Crippen LogP contribution in [0.25, 0.3) is 0 Å². The lowest BCUT2D eigenvalue weighted by atomic mass is 10.1. The van der Waals surface area contributed by atoms with Crippen molar-refractivity contribution < 1.29 is 34.1 Å². The summed E-state index contributed by atoms with van der Waals surface area (Å²) < 4.78 is 11.7. The summed E-state index contributed by atoms with van der Waals surface area (Å²) in [5.74, 6) is -1.07. The van der Waals surface area contributed by atoms with Crippen molar-refractivity contribution in [1.82, 2.24) is 0 Å². The largest absolute Gasteiger partial charge is 0.493 e. The molecular weight excluding hydrogens is 500 g/mol. The van der Waals surface area contributed by atoms with Gasteiger partial charge in [0.15, 0.2) is 5.75 Å². The third-order valence-electron chi connectivity index (χ3n) is 7.06. The van der Waals surface area contributed by atoms with Crippen LogP contribution in [0.15, 0.2) is 66.7 Å². The van der Waals surface area contributed by atoms with E-state index in [1.807, 2.05) is 0 Å². The predicted octanol–water partition coefficient (Wildman–Crippen LogP) is 4.25. The molecule has 202 valence electrons. The van der Waals surface area contributed by atoms with Gasteiger partial charge in [-0.05, 0) is 66.8 Å². The van der Waals surface area contributed by atoms with E-state index in [9.17, 15) is 19.5 Å². The third-order valence-corrected chi connectivity index (χ3v) is 7.06. The Morgan fingerprint density at radius 2 is 1.67 bits per heavy atom. The van der Waals surface area contributed by atoms with Crippen LogP contribution in [0.4, 0.5) is 11.4 Å². The highest BCUT2D eigenvalue weighted by atomic mass is 16.5. The maximum absolute atomic E-state index is 13.0. The van der Waals surface area contributed by atoms with Gasteiger partial charge >= 0.3 is 11.9 Å². The molecule has 3 N–H and O–H groups in total. The van der Waals surface area contributed by atoms with E-state index in [0.29, 0.717) is 48.2 Å². The van der Waals surface area contributed by atoms with E-state index in [2.05, 4.69) is 29.6 Å². The van der Waals surface area contributed by atoms with Gasteiger partial charge in [0, 0.05) is 24.4 Å². The molecule has 1 heterocycles. The highest BCUT2D eigenvalue weighted by molar-refractivity contribution is 6.05. The summed E-state index contributed by atoms with van der Waals surface area (Å²) in [6, 6.07) is 20.5. The lowest BCUT2D eigenvalue weighted by Crippen LogP contribution is -2.45. The summed E-state index contributed by atoms with van der Waals surface area (Å²) in [6.07, 6.45) is 1.17. The van der Waals surface area contributed by atoms with Crippen LogP contribution in [0.1, 0.15) is 34.3 Å². The van der Waals surface area contributed by atoms with E-state index in [4.69, 9.17) is 14.6 Å². The third kappa shape index (κ3) is 6.14. The molecule has 1 aliphatic heterocycles. The highest BCUT2D eigenvalue weighted by Gasteiger charge is 2.32. The Hall–Kier alpha value is -4.53. The van der Waals surface area contributed by atoms with Gasteiger partial charge in [0.25, 0.3) is 5.91 Å². The molecule has 0 aromatic heterocycles. The molecule has 9 heteroatoms. The summed E-state index contributed by atoms with van der Waals surface area (Å²) in [5, 5.41) is 21.4. The standard InChI is InChI=1S/C30H30N2O7/c33-27(34)9-4-14-32-17-26(30(36)37)39-28-24(7-3-8-25(28)32)31-29(35)20-10-12-23(13-11-20)38-18-19-15-21-5-1-2-6-22(21)16-19/h1-3,5-8,10-13,19,26H,4,9,14-18H2,(H,31,35)(H,33,34)(H,36,37). The summed E-state index contributed by atoms with van der Waals surface area (Å²) in [7, 11) is 0. The molecule has 1 amide bonds. The Bertz CT molecular complexity index is 1350. The van der Waals surface area contributed by atoms with Gasteiger partial charge in [0.2, 0.25) is 6.10 Å². The first-order chi connectivity index (χ1) is 18.9. The van der Waals surface area contributed by atoms with Gasteiger partial charge < -0.3 is 29.9 Å². The van der Waals surface area contributed by atoms with Gasteiger partial charge in [0.1, 0.15) is 5.75 Å². The van der Waals surface area contributed by atoms with Crippen LogP contribution in [0, 0.1) is 5.92 Å². The summed E-state index contributed by atoms with van der Waals surface area (Å²) in [6.45, 7) is 1.02. The number of amides is 1. The number of hydrogen-bond donors (Lipinski definition) is 3. The molecule has 1 atom stereocenters. The minimum absolute atomic E-state index is 0.0329. The van der Waals surface area contributed by atoms with Crippen LogP contribution >= 0.6 is 0 Å². The number of hydrogen-bond acceptors (Lipinski definition) is 6. The molecule has 0 bridgehead atoms. The molecule has 39 heavy (non-hydrogen) atoms. The van der Waals surface area contributed by atoms with E-state index < -0.39 is 18.0 Å². The summed E-state index contributed by atoms with van der Waals surface area (Å²) in [5.41, 5.74) is 4.12. The van der Waals surface area contributed by atoms with Crippen LogP contribution in [-0.2, 0) is 22.4 Å². The van der Waals surface area contributed by atoms with Crippen LogP contribution < -0.4 is 19.7 Å². The number of anilines is 2. The minimum Gasteiger partial charge on any atom is -0.493 e. The Balaban J connectivity index is 1.23. The number of ether oxygens (including phenoxy) is 2. The minimum atomic E-state index is -1.15. The van der Waals surface area contributed by atoms with Crippen molar-refractivity contribution in [3.05, 3.63) is 83.4 Å². The molecule has 0 saturated heterocycles. The number of carboxylic acid groups (broad SMARTS) is 2. The number of carbonyl (C=O) groups is 3. The average Bonchev–Trinajstić information content (AvgIpc) is 3.35. The molecule has 1 unspecified atom stereocenters. The van der Waals surface area contributed by atoms with E-state index in [1.165, 1.54) is 11.1 Å². The first-order valence-corrected chi connectivity index (χ1v) is 13.0. The molecule has 2 aliphatic rings. The van der Waals surface area contributed by atoms with Crippen molar-refractivity contribution in [2.75, 3.05) is 29.9 Å². The number of nitrogens with one attached hydrogen (secondary N) is 1. The van der Waals surface area contributed by atoms with E-state index in [-0.39, 0.29) is 24.6 Å². The second-order valence-electron chi connectivity index (χ2n) is 9.87. The molecule has 1 aliphatic carbocycles. The molecule has 0 spiro atoms. The zero-order valence-electron chi connectivity index (χ0n) is 21.3. The monoisotopic (exact) mass is 530 g/mol. The first-order valence-electron chi connectivity index (χ1n) is 13.0. The van der Waals surface area contributed by atoms with Gasteiger partial charge in [-0.3, -0.25) is 9.59 Å². The SMILES string of the molecule is O=C(O)CCCN1CC(C(=O)O)Oc2c(NC(=O)c3ccc(OCC4Cc5ccccc5C4)cc3)cccc21. The molecule has 0 saturated carbocycles. The van der Waals surface area contributed by atoms with Crippen LogP contribution in [0.3, 0.4) is 0 Å². The summed E-state index contributed by atoms with van der Waals surface area (Å²) >= 11 is 0. The Morgan fingerprint density at radius 1 is 0.949 bits per heavy atom. The number of rotatable bonds is 10. The van der Waals surface area contributed by atoms with Gasteiger partial charge in [-0.2, -0.15) is 0 Å². The van der Waals surface area contributed by atoms with Gasteiger partial charge in [-0.25, -0.2) is 4.79 Å². The Kier molecular flexibility index (Phi) is 7.67. The fourth-order valence-electron chi connectivity index (χ4n) is 5.11. The van der Waals surface area contributed by atoms with Crippen molar-refractivity contribution in [3.8, 4) is 11.5 Å². The average molecular weight is 531 g/mol. The number of carbonyl (C=O) groups excluding carboxylic acids is 1. The maximum Gasteiger partial charge on any atom is 0.346 e. The van der Waals surface area contributed by atoms with Crippen LogP contribution in [-0.4, -0.2) is 53.9 Å². The van der Waals surface area contributed by atoms with Gasteiger partial charge in [0.05, 0.1) is 24.5 Å². The van der Waals surface area contributed by atoms with Crippen molar-refractivity contribution in [3.63, 3.8) is 0 Å². The lowest BCUT2D eigenvalue weighted by molar-refractivity contribution is -0.145. The number of benzene rings is 3. The zero-order valence-corrected chi connectivity index (χ0v) is 21.3. The number of nitrogens with zero attached hydrogens (tertiary/aromatic N) is 1. The fraction of sp³-hybridized carbons (Fsp3) is 0.300. The molecule has 9 nitrogen and oxygen atoms in total. The Morgan fingerprint density at radius 3 is 2.33 bits per heavy atom. The summed E-state index contributed by atoms with van der Waals surface area (Å²) in [4.78, 5) is 37.5. The van der Waals surface area contributed by atoms with Gasteiger partial charge in [-0.1, -0.05) is 30.3 Å². The molecule has 5 rings (SSSR count).